The largest absolute Gasteiger partial charge is 0.484 e. The number of para-hydroxylation sites is 1. The van der Waals surface area contributed by atoms with E-state index >= 15 is 0 Å². The zero-order valence-corrected chi connectivity index (χ0v) is 15.4. The second-order valence-electron chi connectivity index (χ2n) is 5.30. The van der Waals surface area contributed by atoms with Crippen molar-refractivity contribution < 1.29 is 4.74 Å². The first-order valence-corrected chi connectivity index (χ1v) is 9.20. The Kier molecular flexibility index (Phi) is 6.14. The van der Waals surface area contributed by atoms with Crippen molar-refractivity contribution in [1.82, 2.24) is 14.8 Å². The summed E-state index contributed by atoms with van der Waals surface area (Å²) in [5, 5.41) is 9.87. The Labute approximate surface area is 156 Å². The van der Waals surface area contributed by atoms with E-state index in [0.29, 0.717) is 17.4 Å². The van der Waals surface area contributed by atoms with Crippen LogP contribution in [-0.4, -0.2) is 20.5 Å². The lowest BCUT2D eigenvalue weighted by Gasteiger charge is -2.07. The summed E-state index contributed by atoms with van der Waals surface area (Å²) in [4.78, 5) is 0. The Morgan fingerprint density at radius 3 is 2.64 bits per heavy atom. The molecule has 2 aromatic carbocycles. The van der Waals surface area contributed by atoms with Crippen LogP contribution >= 0.6 is 23.4 Å². The molecule has 4 nitrogen and oxygen atoms in total. The Morgan fingerprint density at radius 1 is 1.08 bits per heavy atom. The van der Waals surface area contributed by atoms with E-state index < -0.39 is 0 Å². The van der Waals surface area contributed by atoms with Gasteiger partial charge in [-0.05, 0) is 17.7 Å². The molecule has 0 atom stereocenters. The van der Waals surface area contributed by atoms with E-state index in [0.717, 1.165) is 16.7 Å². The molecule has 128 valence electrons. The molecule has 25 heavy (non-hydrogen) atoms. The highest BCUT2D eigenvalue weighted by Gasteiger charge is 2.10. The van der Waals surface area contributed by atoms with E-state index in [1.54, 1.807) is 17.8 Å². The predicted octanol–water partition coefficient (Wildman–Crippen LogP) is 4.85. The van der Waals surface area contributed by atoms with Gasteiger partial charge in [-0.15, -0.1) is 10.2 Å². The SMILES string of the molecule is Cn1c(COc2ccccc2Cl)nnc1SCC=Cc1ccccc1. The van der Waals surface area contributed by atoms with Gasteiger partial charge in [0.1, 0.15) is 12.4 Å². The van der Waals surface area contributed by atoms with Gasteiger partial charge in [-0.1, -0.05) is 78.0 Å². The monoisotopic (exact) mass is 371 g/mol. The number of nitrogens with zero attached hydrogens (tertiary/aromatic N) is 3. The Morgan fingerprint density at radius 2 is 1.84 bits per heavy atom. The minimum absolute atomic E-state index is 0.327. The quantitative estimate of drug-likeness (QED) is 0.556. The molecule has 0 amide bonds. The molecule has 0 radical (unpaired) electrons. The second-order valence-corrected chi connectivity index (χ2v) is 6.70. The molecule has 3 aromatic rings. The molecule has 0 spiro atoms. The highest BCUT2D eigenvalue weighted by molar-refractivity contribution is 7.99. The van der Waals surface area contributed by atoms with Crippen molar-refractivity contribution in [3.05, 3.63) is 77.1 Å². The zero-order valence-electron chi connectivity index (χ0n) is 13.8. The van der Waals surface area contributed by atoms with Gasteiger partial charge in [-0.25, -0.2) is 0 Å². The number of benzene rings is 2. The molecule has 1 aromatic heterocycles. The molecule has 1 heterocycles. The van der Waals surface area contributed by atoms with Crippen molar-refractivity contribution >= 4 is 29.4 Å². The van der Waals surface area contributed by atoms with Gasteiger partial charge < -0.3 is 9.30 Å². The number of hydrogen-bond acceptors (Lipinski definition) is 4. The third kappa shape index (κ3) is 4.87. The van der Waals surface area contributed by atoms with Crippen molar-refractivity contribution in [1.29, 1.82) is 0 Å². The lowest BCUT2D eigenvalue weighted by Crippen LogP contribution is -2.04. The normalized spacial score (nSPS) is 11.1. The van der Waals surface area contributed by atoms with E-state index in [4.69, 9.17) is 16.3 Å². The fourth-order valence-electron chi connectivity index (χ4n) is 2.17. The number of thioether (sulfide) groups is 1. The van der Waals surface area contributed by atoms with Crippen LogP contribution in [-0.2, 0) is 13.7 Å². The molecule has 0 N–H and O–H groups in total. The molecule has 0 unspecified atom stereocenters. The van der Waals surface area contributed by atoms with Crippen LogP contribution in [0.15, 0.2) is 65.8 Å². The number of rotatable bonds is 7. The van der Waals surface area contributed by atoms with Gasteiger partial charge in [-0.2, -0.15) is 0 Å². The third-order valence-corrected chi connectivity index (χ3v) is 4.82. The molecule has 0 saturated carbocycles. The van der Waals surface area contributed by atoms with Crippen LogP contribution in [0.3, 0.4) is 0 Å². The fraction of sp³-hybridized carbons (Fsp3) is 0.158. The van der Waals surface area contributed by atoms with E-state index in [9.17, 15) is 0 Å². The average Bonchev–Trinajstić information content (AvgIpc) is 2.99. The zero-order chi connectivity index (χ0) is 17.5. The maximum atomic E-state index is 6.09. The molecule has 0 fully saturated rings. The van der Waals surface area contributed by atoms with Crippen LogP contribution < -0.4 is 4.74 Å². The molecule has 0 saturated heterocycles. The van der Waals surface area contributed by atoms with Gasteiger partial charge >= 0.3 is 0 Å². The summed E-state index contributed by atoms with van der Waals surface area (Å²) in [6, 6.07) is 17.6. The van der Waals surface area contributed by atoms with Crippen LogP contribution in [0, 0.1) is 0 Å². The fourth-order valence-corrected chi connectivity index (χ4v) is 3.10. The summed E-state index contributed by atoms with van der Waals surface area (Å²) in [5.74, 6) is 2.23. The van der Waals surface area contributed by atoms with E-state index in [1.165, 1.54) is 5.56 Å². The topological polar surface area (TPSA) is 39.9 Å². The molecular formula is C19H18ClN3OS. The summed E-state index contributed by atoms with van der Waals surface area (Å²) in [6.07, 6.45) is 4.22. The van der Waals surface area contributed by atoms with E-state index in [-0.39, 0.29) is 0 Å². The van der Waals surface area contributed by atoms with E-state index in [2.05, 4.69) is 34.5 Å². The molecule has 0 aliphatic rings. The van der Waals surface area contributed by atoms with Crippen molar-refractivity contribution in [3.8, 4) is 5.75 Å². The van der Waals surface area contributed by atoms with Crippen LogP contribution in [0.1, 0.15) is 11.4 Å². The molecule has 3 rings (SSSR count). The summed E-state index contributed by atoms with van der Waals surface area (Å²) in [6.45, 7) is 0.327. The molecule has 0 aliphatic heterocycles. The average molecular weight is 372 g/mol. The van der Waals surface area contributed by atoms with Gasteiger partial charge in [0.15, 0.2) is 11.0 Å². The minimum Gasteiger partial charge on any atom is -0.484 e. The van der Waals surface area contributed by atoms with Gasteiger partial charge in [-0.3, -0.25) is 0 Å². The summed E-state index contributed by atoms with van der Waals surface area (Å²) >= 11 is 7.72. The lowest BCUT2D eigenvalue weighted by molar-refractivity contribution is 0.290. The maximum absolute atomic E-state index is 6.09. The van der Waals surface area contributed by atoms with Crippen molar-refractivity contribution in [2.45, 2.75) is 11.8 Å². The second kappa shape index (κ2) is 8.74. The van der Waals surface area contributed by atoms with Gasteiger partial charge in [0.05, 0.1) is 5.02 Å². The molecular weight excluding hydrogens is 354 g/mol. The van der Waals surface area contributed by atoms with Crippen LogP contribution in [0.2, 0.25) is 5.02 Å². The Balaban J connectivity index is 1.54. The maximum Gasteiger partial charge on any atom is 0.191 e. The first-order valence-electron chi connectivity index (χ1n) is 7.84. The highest BCUT2D eigenvalue weighted by atomic mass is 35.5. The number of hydrogen-bond donors (Lipinski definition) is 0. The Hall–Kier alpha value is -2.24. The number of aromatic nitrogens is 3. The van der Waals surface area contributed by atoms with Crippen molar-refractivity contribution in [2.24, 2.45) is 7.05 Å². The molecule has 0 aliphatic carbocycles. The number of ether oxygens (including phenoxy) is 1. The molecule has 6 heteroatoms. The standard InChI is InChI=1S/C19H18ClN3OS/c1-23-18(14-24-17-12-6-5-11-16(17)20)21-22-19(23)25-13-7-10-15-8-3-2-4-9-15/h2-12H,13-14H2,1H3. The third-order valence-electron chi connectivity index (χ3n) is 3.54. The Bertz CT molecular complexity index is 849. The lowest BCUT2D eigenvalue weighted by atomic mass is 10.2. The van der Waals surface area contributed by atoms with Gasteiger partial charge in [0, 0.05) is 12.8 Å². The minimum atomic E-state index is 0.327. The van der Waals surface area contributed by atoms with Crippen molar-refractivity contribution in [2.75, 3.05) is 5.75 Å². The molecule has 0 bridgehead atoms. The summed E-state index contributed by atoms with van der Waals surface area (Å²) < 4.78 is 7.66. The predicted molar refractivity (Wildman–Crippen MR) is 103 cm³/mol. The van der Waals surface area contributed by atoms with Gasteiger partial charge in [0.2, 0.25) is 0 Å². The summed E-state index contributed by atoms with van der Waals surface area (Å²) in [7, 11) is 1.94. The van der Waals surface area contributed by atoms with Crippen molar-refractivity contribution in [3.63, 3.8) is 0 Å². The first-order chi connectivity index (χ1) is 12.2. The highest BCUT2D eigenvalue weighted by Crippen LogP contribution is 2.24. The van der Waals surface area contributed by atoms with Crippen LogP contribution in [0.25, 0.3) is 6.08 Å². The van der Waals surface area contributed by atoms with Crippen LogP contribution in [0.5, 0.6) is 5.75 Å². The smallest absolute Gasteiger partial charge is 0.191 e. The summed E-state index contributed by atoms with van der Waals surface area (Å²) in [5.41, 5.74) is 1.19. The van der Waals surface area contributed by atoms with Gasteiger partial charge in [0.25, 0.3) is 0 Å². The van der Waals surface area contributed by atoms with E-state index in [1.807, 2.05) is 48.0 Å². The van der Waals surface area contributed by atoms with Crippen LogP contribution in [0.4, 0.5) is 0 Å². The first kappa shape index (κ1) is 17.6. The number of halogens is 1.